The largest absolute Gasteiger partial charge is 0.444 e. The molecule has 4 nitrogen and oxygen atoms in total. The minimum atomic E-state index is -0.512. The van der Waals surface area contributed by atoms with E-state index in [0.717, 1.165) is 25.7 Å². The lowest BCUT2D eigenvalue weighted by Gasteiger charge is -2.24. The van der Waals surface area contributed by atoms with E-state index in [9.17, 15) is 9.59 Å². The summed E-state index contributed by atoms with van der Waals surface area (Å²) in [6, 6.07) is 0. The fourth-order valence-corrected chi connectivity index (χ4v) is 2.02. The first-order valence-corrected chi connectivity index (χ1v) is 6.26. The lowest BCUT2D eigenvalue weighted by atomic mass is 10.0. The molecule has 98 valence electrons. The predicted octanol–water partition coefficient (Wildman–Crippen LogP) is 2.61. The number of ether oxygens (including phenoxy) is 1. The molecule has 0 aromatic heterocycles. The van der Waals surface area contributed by atoms with Crippen LogP contribution in [0.2, 0.25) is 0 Å². The second-order valence-corrected chi connectivity index (χ2v) is 5.78. The van der Waals surface area contributed by atoms with Gasteiger partial charge < -0.3 is 9.64 Å². The minimum absolute atomic E-state index is 0.153. The van der Waals surface area contributed by atoms with Gasteiger partial charge in [-0.3, -0.25) is 4.79 Å². The molecule has 1 aliphatic rings. The summed E-state index contributed by atoms with van der Waals surface area (Å²) in [5.41, 5.74) is -0.512. The van der Waals surface area contributed by atoms with Crippen LogP contribution in [0.15, 0.2) is 0 Å². The Labute approximate surface area is 103 Å². The zero-order chi connectivity index (χ0) is 13.1. The van der Waals surface area contributed by atoms with Crippen LogP contribution in [-0.2, 0) is 9.53 Å². The second-order valence-electron chi connectivity index (χ2n) is 5.78. The number of ketones is 1. The summed E-state index contributed by atoms with van der Waals surface area (Å²) < 4.78 is 5.20. The van der Waals surface area contributed by atoms with Gasteiger partial charge in [0.05, 0.1) is 6.54 Å². The highest BCUT2D eigenvalue weighted by atomic mass is 16.6. The third kappa shape index (κ3) is 4.75. The molecule has 1 amide bonds. The number of rotatable bonds is 3. The molecular formula is C13H23NO3. The normalized spacial score (nSPS) is 16.9. The standard InChI is InChI=1S/C13H23NO3/c1-13(2,3)17-12(16)14(4)9-11(15)10-7-5-6-8-10/h10H,5-9H2,1-4H3. The average molecular weight is 241 g/mol. The summed E-state index contributed by atoms with van der Waals surface area (Å²) in [4.78, 5) is 24.9. The number of hydrogen-bond acceptors (Lipinski definition) is 3. The first kappa shape index (κ1) is 14.0. The van der Waals surface area contributed by atoms with Crippen molar-refractivity contribution >= 4 is 11.9 Å². The van der Waals surface area contributed by atoms with Crippen LogP contribution in [0.3, 0.4) is 0 Å². The van der Waals surface area contributed by atoms with Crippen molar-refractivity contribution in [2.75, 3.05) is 13.6 Å². The van der Waals surface area contributed by atoms with E-state index >= 15 is 0 Å². The molecule has 1 rings (SSSR count). The van der Waals surface area contributed by atoms with Gasteiger partial charge in [-0.05, 0) is 33.6 Å². The molecule has 0 radical (unpaired) electrons. The van der Waals surface area contributed by atoms with Crippen molar-refractivity contribution in [1.29, 1.82) is 0 Å². The number of Topliss-reactive ketones (excluding diaryl/α,β-unsaturated/α-hetero) is 1. The van der Waals surface area contributed by atoms with Crippen LogP contribution in [0, 0.1) is 5.92 Å². The molecule has 0 saturated heterocycles. The fourth-order valence-electron chi connectivity index (χ4n) is 2.02. The second kappa shape index (κ2) is 5.52. The van der Waals surface area contributed by atoms with Crippen LogP contribution in [0.5, 0.6) is 0 Å². The zero-order valence-corrected chi connectivity index (χ0v) is 11.3. The lowest BCUT2D eigenvalue weighted by molar-refractivity contribution is -0.123. The van der Waals surface area contributed by atoms with Gasteiger partial charge in [0.15, 0.2) is 5.78 Å². The van der Waals surface area contributed by atoms with E-state index in [1.807, 2.05) is 20.8 Å². The summed E-state index contributed by atoms with van der Waals surface area (Å²) in [6.07, 6.45) is 3.78. The van der Waals surface area contributed by atoms with Crippen molar-refractivity contribution in [3.63, 3.8) is 0 Å². The SMILES string of the molecule is CN(CC(=O)C1CCCC1)C(=O)OC(C)(C)C. The van der Waals surface area contributed by atoms with E-state index in [1.54, 1.807) is 7.05 Å². The highest BCUT2D eigenvalue weighted by Crippen LogP contribution is 2.25. The number of likely N-dealkylation sites (N-methyl/N-ethyl adjacent to an activating group) is 1. The molecule has 0 unspecified atom stereocenters. The molecule has 0 aliphatic heterocycles. The van der Waals surface area contributed by atoms with E-state index in [-0.39, 0.29) is 18.2 Å². The van der Waals surface area contributed by atoms with Gasteiger partial charge in [0.2, 0.25) is 0 Å². The van der Waals surface area contributed by atoms with Gasteiger partial charge in [-0.2, -0.15) is 0 Å². The Kier molecular flexibility index (Phi) is 4.54. The average Bonchev–Trinajstić information content (AvgIpc) is 2.67. The summed E-state index contributed by atoms with van der Waals surface area (Å²) in [7, 11) is 1.61. The topological polar surface area (TPSA) is 46.6 Å². The molecule has 0 heterocycles. The van der Waals surface area contributed by atoms with Crippen molar-refractivity contribution in [2.45, 2.75) is 52.1 Å². The third-order valence-corrected chi connectivity index (χ3v) is 2.91. The highest BCUT2D eigenvalue weighted by molar-refractivity contribution is 5.86. The van der Waals surface area contributed by atoms with Crippen LogP contribution < -0.4 is 0 Å². The van der Waals surface area contributed by atoms with E-state index in [1.165, 1.54) is 4.90 Å². The van der Waals surface area contributed by atoms with Crippen LogP contribution >= 0.6 is 0 Å². The third-order valence-electron chi connectivity index (χ3n) is 2.91. The lowest BCUT2D eigenvalue weighted by Crippen LogP contribution is -2.38. The molecule has 0 atom stereocenters. The van der Waals surface area contributed by atoms with Crippen molar-refractivity contribution in [3.05, 3.63) is 0 Å². The van der Waals surface area contributed by atoms with Crippen molar-refractivity contribution in [2.24, 2.45) is 5.92 Å². The molecule has 0 spiro atoms. The number of carbonyl (C=O) groups excluding carboxylic acids is 2. The molecule has 0 aromatic rings. The molecule has 0 N–H and O–H groups in total. The number of amides is 1. The molecule has 4 heteroatoms. The van der Waals surface area contributed by atoms with Crippen LogP contribution in [0.4, 0.5) is 4.79 Å². The number of carbonyl (C=O) groups is 2. The van der Waals surface area contributed by atoms with Gasteiger partial charge in [-0.25, -0.2) is 4.79 Å². The Morgan fingerprint density at radius 1 is 1.24 bits per heavy atom. The predicted molar refractivity (Wildman–Crippen MR) is 65.8 cm³/mol. The van der Waals surface area contributed by atoms with Crippen molar-refractivity contribution in [3.8, 4) is 0 Å². The fraction of sp³-hybridized carbons (Fsp3) is 0.846. The van der Waals surface area contributed by atoms with Crippen molar-refractivity contribution in [1.82, 2.24) is 4.90 Å². The zero-order valence-electron chi connectivity index (χ0n) is 11.3. The number of nitrogens with zero attached hydrogens (tertiary/aromatic N) is 1. The molecular weight excluding hydrogens is 218 g/mol. The Balaban J connectivity index is 2.40. The van der Waals surface area contributed by atoms with Crippen molar-refractivity contribution < 1.29 is 14.3 Å². The van der Waals surface area contributed by atoms with Gasteiger partial charge in [0, 0.05) is 13.0 Å². The van der Waals surface area contributed by atoms with Gasteiger partial charge in [-0.1, -0.05) is 12.8 Å². The Morgan fingerprint density at radius 2 is 1.76 bits per heavy atom. The maximum absolute atomic E-state index is 11.9. The van der Waals surface area contributed by atoms with E-state index in [2.05, 4.69) is 0 Å². The van der Waals surface area contributed by atoms with E-state index < -0.39 is 11.7 Å². The Bertz CT molecular complexity index is 288. The highest BCUT2D eigenvalue weighted by Gasteiger charge is 2.26. The maximum atomic E-state index is 11.9. The molecule has 1 saturated carbocycles. The number of hydrogen-bond donors (Lipinski definition) is 0. The molecule has 1 fully saturated rings. The smallest absolute Gasteiger partial charge is 0.410 e. The maximum Gasteiger partial charge on any atom is 0.410 e. The monoisotopic (exact) mass is 241 g/mol. The van der Waals surface area contributed by atoms with Gasteiger partial charge in [0.1, 0.15) is 5.60 Å². The first-order valence-electron chi connectivity index (χ1n) is 6.26. The van der Waals surface area contributed by atoms with Crippen LogP contribution in [0.1, 0.15) is 46.5 Å². The molecule has 0 bridgehead atoms. The van der Waals surface area contributed by atoms with E-state index in [4.69, 9.17) is 4.74 Å². The Hall–Kier alpha value is -1.06. The quantitative estimate of drug-likeness (QED) is 0.763. The molecule has 1 aliphatic carbocycles. The van der Waals surface area contributed by atoms with Crippen LogP contribution in [0.25, 0.3) is 0 Å². The summed E-state index contributed by atoms with van der Waals surface area (Å²) in [5, 5.41) is 0. The summed E-state index contributed by atoms with van der Waals surface area (Å²) in [5.74, 6) is 0.316. The van der Waals surface area contributed by atoms with E-state index in [0.29, 0.717) is 0 Å². The van der Waals surface area contributed by atoms with Crippen LogP contribution in [-0.4, -0.2) is 36.0 Å². The van der Waals surface area contributed by atoms with Gasteiger partial charge >= 0.3 is 6.09 Å². The first-order chi connectivity index (χ1) is 7.79. The minimum Gasteiger partial charge on any atom is -0.444 e. The van der Waals surface area contributed by atoms with Gasteiger partial charge in [0.25, 0.3) is 0 Å². The molecule has 0 aromatic carbocycles. The van der Waals surface area contributed by atoms with Gasteiger partial charge in [-0.15, -0.1) is 0 Å². The Morgan fingerprint density at radius 3 is 2.24 bits per heavy atom. The summed E-state index contributed by atoms with van der Waals surface area (Å²) in [6.45, 7) is 5.62. The summed E-state index contributed by atoms with van der Waals surface area (Å²) >= 11 is 0. The molecule has 17 heavy (non-hydrogen) atoms.